The number of nitrogens with one attached hydrogen (secondary N) is 1. The van der Waals surface area contributed by atoms with Gasteiger partial charge < -0.3 is 25.6 Å². The van der Waals surface area contributed by atoms with E-state index in [2.05, 4.69) is 30.0 Å². The number of aromatic nitrogens is 2. The zero-order valence-corrected chi connectivity index (χ0v) is 17.3. The van der Waals surface area contributed by atoms with Crippen LogP contribution in [0.4, 0.5) is 27.4 Å². The van der Waals surface area contributed by atoms with Crippen LogP contribution in [-0.4, -0.2) is 80.4 Å². The molecule has 2 aromatic rings. The molecule has 0 unspecified atom stereocenters. The highest BCUT2D eigenvalue weighted by Gasteiger charge is 2.22. The van der Waals surface area contributed by atoms with Gasteiger partial charge in [0.05, 0.1) is 18.9 Å². The van der Waals surface area contributed by atoms with Crippen molar-refractivity contribution in [1.82, 2.24) is 14.9 Å². The number of anilines is 4. The Bertz CT molecular complexity index is 823. The molecule has 0 radical (unpaired) electrons. The minimum absolute atomic E-state index is 0.184. The summed E-state index contributed by atoms with van der Waals surface area (Å²) in [5.41, 5.74) is 7.60. The molecular formula is C21H30FN7O. The van der Waals surface area contributed by atoms with Gasteiger partial charge in [-0.05, 0) is 25.1 Å². The standard InChI is InChI=1S/C21H30FN7O/c22-17-4-1-2-5-18(17)28-8-10-29(11-9-28)21-19(23)20(25-16-26-21)24-6-3-7-27-12-14-30-15-13-27/h1-2,4-5,16H,3,6-15,23H2,(H,24,25,26). The predicted molar refractivity (Wildman–Crippen MR) is 118 cm³/mol. The molecule has 2 fully saturated rings. The van der Waals surface area contributed by atoms with Gasteiger partial charge in [-0.25, -0.2) is 14.4 Å². The summed E-state index contributed by atoms with van der Waals surface area (Å²) in [5.74, 6) is 1.24. The Hall–Kier alpha value is -2.65. The Morgan fingerprint density at radius 1 is 1.00 bits per heavy atom. The molecule has 0 spiro atoms. The van der Waals surface area contributed by atoms with E-state index in [1.165, 1.54) is 6.07 Å². The van der Waals surface area contributed by atoms with Gasteiger partial charge in [-0.2, -0.15) is 0 Å². The third-order valence-corrected chi connectivity index (χ3v) is 5.68. The highest BCUT2D eigenvalue weighted by Crippen LogP contribution is 2.28. The van der Waals surface area contributed by atoms with E-state index in [1.807, 2.05) is 12.1 Å². The topological polar surface area (TPSA) is 82.8 Å². The highest BCUT2D eigenvalue weighted by atomic mass is 19.1. The Morgan fingerprint density at radius 3 is 2.50 bits per heavy atom. The number of hydrogen-bond acceptors (Lipinski definition) is 8. The van der Waals surface area contributed by atoms with Crippen LogP contribution in [0.1, 0.15) is 6.42 Å². The molecule has 0 saturated carbocycles. The molecule has 0 amide bonds. The summed E-state index contributed by atoms with van der Waals surface area (Å²) in [5, 5.41) is 3.35. The molecule has 3 N–H and O–H groups in total. The van der Waals surface area contributed by atoms with Crippen LogP contribution in [0.3, 0.4) is 0 Å². The number of benzene rings is 1. The second-order valence-electron chi connectivity index (χ2n) is 7.62. The van der Waals surface area contributed by atoms with Gasteiger partial charge in [0.2, 0.25) is 0 Å². The van der Waals surface area contributed by atoms with Crippen LogP contribution < -0.4 is 20.9 Å². The number of halogens is 1. The lowest BCUT2D eigenvalue weighted by Crippen LogP contribution is -2.47. The van der Waals surface area contributed by atoms with Crippen LogP contribution in [0.5, 0.6) is 0 Å². The summed E-state index contributed by atoms with van der Waals surface area (Å²) in [6.45, 7) is 8.36. The van der Waals surface area contributed by atoms with Crippen molar-refractivity contribution in [2.75, 3.05) is 86.4 Å². The van der Waals surface area contributed by atoms with Gasteiger partial charge >= 0.3 is 0 Å². The number of para-hydroxylation sites is 1. The third-order valence-electron chi connectivity index (χ3n) is 5.68. The van der Waals surface area contributed by atoms with Crippen LogP contribution in [-0.2, 0) is 4.74 Å². The van der Waals surface area contributed by atoms with Crippen molar-refractivity contribution in [3.8, 4) is 0 Å². The summed E-state index contributed by atoms with van der Waals surface area (Å²) in [6.07, 6.45) is 2.57. The van der Waals surface area contributed by atoms with E-state index in [-0.39, 0.29) is 5.82 Å². The molecule has 30 heavy (non-hydrogen) atoms. The summed E-state index contributed by atoms with van der Waals surface area (Å²) in [7, 11) is 0. The lowest BCUT2D eigenvalue weighted by atomic mass is 10.2. The molecule has 1 aromatic heterocycles. The summed E-state index contributed by atoms with van der Waals surface area (Å²) in [6, 6.07) is 6.90. The second kappa shape index (κ2) is 9.90. The van der Waals surface area contributed by atoms with Crippen molar-refractivity contribution in [1.29, 1.82) is 0 Å². The maximum atomic E-state index is 14.1. The van der Waals surface area contributed by atoms with Crippen LogP contribution in [0.15, 0.2) is 30.6 Å². The first-order valence-electron chi connectivity index (χ1n) is 10.6. The fourth-order valence-corrected chi connectivity index (χ4v) is 3.98. The largest absolute Gasteiger partial charge is 0.393 e. The maximum Gasteiger partial charge on any atom is 0.157 e. The van der Waals surface area contributed by atoms with Crippen molar-refractivity contribution in [3.63, 3.8) is 0 Å². The lowest BCUT2D eigenvalue weighted by Gasteiger charge is -2.37. The molecule has 3 heterocycles. The Balaban J connectivity index is 1.30. The fraction of sp³-hybridized carbons (Fsp3) is 0.524. The first-order valence-corrected chi connectivity index (χ1v) is 10.6. The van der Waals surface area contributed by atoms with Crippen molar-refractivity contribution >= 4 is 23.0 Å². The van der Waals surface area contributed by atoms with E-state index >= 15 is 0 Å². The summed E-state index contributed by atoms with van der Waals surface area (Å²) < 4.78 is 19.4. The van der Waals surface area contributed by atoms with Crippen LogP contribution >= 0.6 is 0 Å². The average Bonchev–Trinajstić information content (AvgIpc) is 2.79. The van der Waals surface area contributed by atoms with E-state index in [0.717, 1.165) is 64.7 Å². The monoisotopic (exact) mass is 415 g/mol. The highest BCUT2D eigenvalue weighted by molar-refractivity contribution is 5.75. The molecule has 2 aliphatic rings. The molecule has 2 aliphatic heterocycles. The SMILES string of the molecule is Nc1c(NCCCN2CCOCC2)ncnc1N1CCN(c2ccccc2F)CC1. The zero-order valence-electron chi connectivity index (χ0n) is 17.3. The Morgan fingerprint density at radius 2 is 1.73 bits per heavy atom. The number of nitrogens with two attached hydrogens (primary N) is 1. The van der Waals surface area contributed by atoms with Gasteiger partial charge in [0.1, 0.15) is 17.8 Å². The Labute approximate surface area is 176 Å². The van der Waals surface area contributed by atoms with Crippen LogP contribution in [0, 0.1) is 5.82 Å². The molecular weight excluding hydrogens is 385 g/mol. The minimum Gasteiger partial charge on any atom is -0.393 e. The van der Waals surface area contributed by atoms with E-state index in [1.54, 1.807) is 12.4 Å². The van der Waals surface area contributed by atoms with Crippen molar-refractivity contribution in [2.24, 2.45) is 0 Å². The number of nitrogens with zero attached hydrogens (tertiary/aromatic N) is 5. The molecule has 9 heteroatoms. The predicted octanol–water partition coefficient (Wildman–Crippen LogP) is 1.66. The van der Waals surface area contributed by atoms with Crippen molar-refractivity contribution in [2.45, 2.75) is 6.42 Å². The normalized spacial score (nSPS) is 17.9. The van der Waals surface area contributed by atoms with E-state index in [0.29, 0.717) is 30.3 Å². The third kappa shape index (κ3) is 4.91. The van der Waals surface area contributed by atoms with Gasteiger partial charge in [-0.3, -0.25) is 4.90 Å². The van der Waals surface area contributed by atoms with Gasteiger partial charge in [0.15, 0.2) is 11.6 Å². The maximum absolute atomic E-state index is 14.1. The van der Waals surface area contributed by atoms with E-state index < -0.39 is 0 Å². The number of nitrogen functional groups attached to an aromatic ring is 1. The first kappa shape index (κ1) is 20.6. The molecule has 0 atom stereocenters. The number of rotatable bonds is 7. The van der Waals surface area contributed by atoms with E-state index in [9.17, 15) is 4.39 Å². The van der Waals surface area contributed by atoms with Gasteiger partial charge in [0.25, 0.3) is 0 Å². The quantitative estimate of drug-likeness (QED) is 0.661. The first-order chi connectivity index (χ1) is 14.7. The Kier molecular flexibility index (Phi) is 6.81. The van der Waals surface area contributed by atoms with Gasteiger partial charge in [-0.15, -0.1) is 0 Å². The number of morpholine rings is 1. The van der Waals surface area contributed by atoms with Crippen molar-refractivity contribution in [3.05, 3.63) is 36.4 Å². The molecule has 0 bridgehead atoms. The molecule has 8 nitrogen and oxygen atoms in total. The van der Waals surface area contributed by atoms with E-state index in [4.69, 9.17) is 10.5 Å². The molecule has 1 aromatic carbocycles. The number of piperazine rings is 1. The van der Waals surface area contributed by atoms with Crippen LogP contribution in [0.25, 0.3) is 0 Å². The smallest absolute Gasteiger partial charge is 0.157 e. The summed E-state index contributed by atoms with van der Waals surface area (Å²) in [4.78, 5) is 15.4. The lowest BCUT2D eigenvalue weighted by molar-refractivity contribution is 0.0378. The molecule has 0 aliphatic carbocycles. The average molecular weight is 416 g/mol. The van der Waals surface area contributed by atoms with Gasteiger partial charge in [0, 0.05) is 45.8 Å². The number of hydrogen-bond donors (Lipinski definition) is 2. The minimum atomic E-state index is -0.184. The zero-order chi connectivity index (χ0) is 20.8. The number of ether oxygens (including phenoxy) is 1. The van der Waals surface area contributed by atoms with Crippen molar-refractivity contribution < 1.29 is 9.13 Å². The molecule has 162 valence electrons. The van der Waals surface area contributed by atoms with Gasteiger partial charge in [-0.1, -0.05) is 12.1 Å². The fourth-order valence-electron chi connectivity index (χ4n) is 3.98. The molecule has 4 rings (SSSR count). The summed E-state index contributed by atoms with van der Waals surface area (Å²) >= 11 is 0. The second-order valence-corrected chi connectivity index (χ2v) is 7.62. The van der Waals surface area contributed by atoms with Crippen LogP contribution in [0.2, 0.25) is 0 Å². The molecule has 2 saturated heterocycles.